The lowest BCUT2D eigenvalue weighted by atomic mass is 9.98. The van der Waals surface area contributed by atoms with Gasteiger partial charge in [0.25, 0.3) is 0 Å². The summed E-state index contributed by atoms with van der Waals surface area (Å²) in [6.45, 7) is 7.10. The standard InChI is InChI=1S/C13H12N.C10H7N2.C2H4.Cl2/c1-2-6-12-11(5-1)8-10-14-9-4-3-7-13(12)14;1-3-7-11-9(5-1)10-6-2-4-8-12-10;2*1-2/h1-7,9H,8,10H2;1-3,5-8H;1-2H2;/q2*+1;;. The van der Waals surface area contributed by atoms with E-state index >= 15 is 0 Å². The quantitative estimate of drug-likeness (QED) is 0.256. The van der Waals surface area contributed by atoms with Crippen molar-refractivity contribution in [3.63, 3.8) is 0 Å². The van der Waals surface area contributed by atoms with E-state index in [1.807, 2.05) is 30.4 Å². The molecule has 30 heavy (non-hydrogen) atoms. The van der Waals surface area contributed by atoms with Crippen LogP contribution in [0.25, 0.3) is 11.3 Å². The zero-order chi connectivity index (χ0) is 21.6. The van der Waals surface area contributed by atoms with E-state index in [1.165, 1.54) is 16.8 Å². The van der Waals surface area contributed by atoms with Crippen LogP contribution in [0.3, 0.4) is 0 Å². The summed E-state index contributed by atoms with van der Waals surface area (Å²) in [6, 6.07) is 20.8. The van der Waals surface area contributed by atoms with Crippen LogP contribution in [0.5, 0.6) is 0 Å². The molecule has 5 heteroatoms. The third-order valence-electron chi connectivity index (χ3n) is 4.40. The molecule has 2 aromatic heterocycles. The Hall–Kier alpha value is -3.10. The van der Waals surface area contributed by atoms with E-state index in [1.54, 1.807) is 12.4 Å². The van der Waals surface area contributed by atoms with E-state index in [0.29, 0.717) is 0 Å². The number of halogens is 2. The monoisotopic (exact) mass is 435 g/mol. The maximum Gasteiger partial charge on any atom is 0.212 e. The molecule has 0 N–H and O–H groups in total. The summed E-state index contributed by atoms with van der Waals surface area (Å²) < 4.78 is 2.32. The van der Waals surface area contributed by atoms with E-state index in [4.69, 9.17) is 0 Å². The number of allylic oxidation sites excluding steroid dienone is 3. The number of fused-ring (bicyclic) bond motifs is 3. The first-order valence-electron chi connectivity index (χ1n) is 9.36. The molecule has 4 heterocycles. The van der Waals surface area contributed by atoms with Gasteiger partial charge in [-0.1, -0.05) is 24.3 Å². The summed E-state index contributed by atoms with van der Waals surface area (Å²) in [7, 11) is 8.22. The Morgan fingerprint density at radius 3 is 2.43 bits per heavy atom. The van der Waals surface area contributed by atoms with Crippen LogP contribution in [-0.4, -0.2) is 10.7 Å². The number of hydrogen-bond donors (Lipinski definition) is 0. The van der Waals surface area contributed by atoms with Crippen molar-refractivity contribution in [2.45, 2.75) is 13.0 Å². The zero-order valence-corrected chi connectivity index (χ0v) is 18.1. The number of aromatic nitrogens is 2. The van der Waals surface area contributed by atoms with Crippen LogP contribution in [0.1, 0.15) is 11.3 Å². The summed E-state index contributed by atoms with van der Waals surface area (Å²) in [5, 5.41) is 0. The Morgan fingerprint density at radius 2 is 1.70 bits per heavy atom. The van der Waals surface area contributed by atoms with Gasteiger partial charge < -0.3 is 0 Å². The Balaban J connectivity index is 0.000000185. The number of hydrogen-bond acceptors (Lipinski definition) is 2. The lowest BCUT2D eigenvalue weighted by Crippen LogP contribution is -2.39. The van der Waals surface area contributed by atoms with Gasteiger partial charge in [0.1, 0.15) is 17.8 Å². The van der Waals surface area contributed by atoms with Gasteiger partial charge >= 0.3 is 0 Å². The SMILES string of the molecule is C=C.ClCl.[C+]1=CN=C(c2ccccn2)C=C1.c1ccc2c(c1)CC[n+]1ccccc1-2. The minimum Gasteiger partial charge on any atom is -0.253 e. The van der Waals surface area contributed by atoms with Gasteiger partial charge in [0.15, 0.2) is 30.7 Å². The van der Waals surface area contributed by atoms with Crippen LogP contribution in [0.15, 0.2) is 110 Å². The van der Waals surface area contributed by atoms with Gasteiger partial charge in [-0.2, -0.15) is 4.57 Å². The Kier molecular flexibility index (Phi) is 10.2. The van der Waals surface area contributed by atoms with E-state index in [9.17, 15) is 0 Å². The first kappa shape index (κ1) is 23.2. The molecule has 150 valence electrons. The summed E-state index contributed by atoms with van der Waals surface area (Å²) >= 11 is 0. The maximum absolute atomic E-state index is 4.17. The number of benzene rings is 1. The topological polar surface area (TPSA) is 29.1 Å². The number of nitrogens with zero attached hydrogens (tertiary/aromatic N) is 3. The molecule has 0 atom stereocenters. The average Bonchev–Trinajstić information content (AvgIpc) is 2.88. The molecule has 0 fully saturated rings. The van der Waals surface area contributed by atoms with E-state index in [-0.39, 0.29) is 0 Å². The van der Waals surface area contributed by atoms with E-state index in [2.05, 4.69) is 104 Å². The maximum atomic E-state index is 4.17. The highest BCUT2D eigenvalue weighted by molar-refractivity contribution is 6.85. The average molecular weight is 436 g/mol. The third-order valence-corrected chi connectivity index (χ3v) is 4.40. The molecule has 0 spiro atoms. The van der Waals surface area contributed by atoms with Gasteiger partial charge in [-0.15, -0.1) is 13.2 Å². The number of pyridine rings is 2. The fraction of sp³-hybridized carbons (Fsp3) is 0.0800. The highest BCUT2D eigenvalue weighted by Gasteiger charge is 2.20. The Morgan fingerprint density at radius 1 is 0.933 bits per heavy atom. The second-order valence-electron chi connectivity index (χ2n) is 6.04. The number of aliphatic imine (C=N–C) groups is 1. The van der Waals surface area contributed by atoms with E-state index in [0.717, 1.165) is 24.4 Å². The second-order valence-corrected chi connectivity index (χ2v) is 6.04. The molecule has 0 radical (unpaired) electrons. The first-order valence-corrected chi connectivity index (χ1v) is 10.5. The predicted molar refractivity (Wildman–Crippen MR) is 126 cm³/mol. The molecule has 0 bridgehead atoms. The molecule has 0 aliphatic carbocycles. The summed E-state index contributed by atoms with van der Waals surface area (Å²) in [5.74, 6) is 0. The summed E-state index contributed by atoms with van der Waals surface area (Å²) in [5.41, 5.74) is 5.98. The molecular formula is C25H23Cl2N3+2. The minimum atomic E-state index is 0.884. The van der Waals surface area contributed by atoms with E-state index < -0.39 is 0 Å². The molecule has 5 rings (SSSR count). The Bertz CT molecular complexity index is 966. The first-order chi connectivity index (χ1) is 14.9. The van der Waals surface area contributed by atoms with Gasteiger partial charge in [-0.25, -0.2) is 4.99 Å². The predicted octanol–water partition coefficient (Wildman–Crippen LogP) is 6.14. The summed E-state index contributed by atoms with van der Waals surface area (Å²) in [6.07, 6.45) is 13.3. The van der Waals surface area contributed by atoms with Gasteiger partial charge in [0.05, 0.1) is 0 Å². The molecule has 0 saturated heterocycles. The van der Waals surface area contributed by atoms with Crippen LogP contribution in [-0.2, 0) is 13.0 Å². The molecule has 3 aromatic rings. The second kappa shape index (κ2) is 13.2. The highest BCUT2D eigenvalue weighted by atomic mass is 36.5. The van der Waals surface area contributed by atoms with Crippen molar-refractivity contribution in [3.8, 4) is 11.3 Å². The fourth-order valence-electron chi connectivity index (χ4n) is 3.13. The lowest BCUT2D eigenvalue weighted by Gasteiger charge is -2.13. The van der Waals surface area contributed by atoms with Crippen LogP contribution in [0.4, 0.5) is 0 Å². The zero-order valence-electron chi connectivity index (χ0n) is 16.6. The van der Waals surface area contributed by atoms with Crippen LogP contribution in [0.2, 0.25) is 0 Å². The van der Waals surface area contributed by atoms with Crippen LogP contribution >= 0.6 is 21.7 Å². The van der Waals surface area contributed by atoms with Crippen molar-refractivity contribution < 1.29 is 4.57 Å². The normalized spacial score (nSPS) is 12.0. The fourth-order valence-corrected chi connectivity index (χ4v) is 3.13. The molecule has 0 unspecified atom stereocenters. The lowest BCUT2D eigenvalue weighted by molar-refractivity contribution is -0.687. The van der Waals surface area contributed by atoms with Crippen LogP contribution < -0.4 is 4.57 Å². The van der Waals surface area contributed by atoms with Crippen molar-refractivity contribution in [3.05, 3.63) is 122 Å². The van der Waals surface area contributed by atoms with Crippen molar-refractivity contribution >= 4 is 27.4 Å². The molecule has 3 nitrogen and oxygen atoms in total. The molecule has 1 aromatic carbocycles. The number of rotatable bonds is 1. The smallest absolute Gasteiger partial charge is 0.212 e. The molecule has 0 amide bonds. The van der Waals surface area contributed by atoms with Gasteiger partial charge in [-0.05, 0) is 29.8 Å². The van der Waals surface area contributed by atoms with Crippen molar-refractivity contribution in [2.24, 2.45) is 4.99 Å². The molecule has 2 aliphatic heterocycles. The van der Waals surface area contributed by atoms with Crippen LogP contribution in [0, 0.1) is 6.08 Å². The minimum absolute atomic E-state index is 0.884. The molecular weight excluding hydrogens is 413 g/mol. The Labute approximate surface area is 188 Å². The molecule has 0 saturated carbocycles. The van der Waals surface area contributed by atoms with Gasteiger partial charge in [0.2, 0.25) is 5.69 Å². The van der Waals surface area contributed by atoms with Gasteiger partial charge in [0, 0.05) is 52.0 Å². The highest BCUT2D eigenvalue weighted by Crippen LogP contribution is 2.23. The molecule has 2 aliphatic rings. The number of aryl methyl sites for hydroxylation is 2. The van der Waals surface area contributed by atoms with Crippen molar-refractivity contribution in [2.75, 3.05) is 0 Å². The van der Waals surface area contributed by atoms with Gasteiger partial charge in [-0.3, -0.25) is 4.98 Å². The third kappa shape index (κ3) is 6.20. The largest absolute Gasteiger partial charge is 0.253 e. The van der Waals surface area contributed by atoms with Crippen molar-refractivity contribution in [1.82, 2.24) is 4.98 Å². The summed E-state index contributed by atoms with van der Waals surface area (Å²) in [4.78, 5) is 8.30. The van der Waals surface area contributed by atoms with Crippen molar-refractivity contribution in [1.29, 1.82) is 0 Å².